The lowest BCUT2D eigenvalue weighted by atomic mass is 9.98. The number of rotatable bonds is 4. The van der Waals surface area contributed by atoms with Gasteiger partial charge < -0.3 is 14.8 Å². The van der Waals surface area contributed by atoms with Gasteiger partial charge in [-0.2, -0.15) is 0 Å². The molecule has 0 amide bonds. The summed E-state index contributed by atoms with van der Waals surface area (Å²) in [6.45, 7) is 4.88. The average molecular weight is 261 g/mol. The van der Waals surface area contributed by atoms with Crippen LogP contribution in [0.1, 0.15) is 43.4 Å². The minimum atomic E-state index is 0.453. The zero-order valence-corrected chi connectivity index (χ0v) is 11.7. The highest BCUT2D eigenvalue weighted by molar-refractivity contribution is 5.40. The monoisotopic (exact) mass is 261 g/mol. The van der Waals surface area contributed by atoms with E-state index in [0.29, 0.717) is 12.1 Å². The first-order chi connectivity index (χ1) is 9.36. The topological polar surface area (TPSA) is 30.5 Å². The van der Waals surface area contributed by atoms with Crippen LogP contribution in [0.4, 0.5) is 0 Å². The van der Waals surface area contributed by atoms with Gasteiger partial charge in [-0.15, -0.1) is 0 Å². The first-order valence-electron chi connectivity index (χ1n) is 7.46. The van der Waals surface area contributed by atoms with Crippen LogP contribution in [-0.4, -0.2) is 25.9 Å². The fraction of sp³-hybridized carbons (Fsp3) is 0.625. The summed E-state index contributed by atoms with van der Waals surface area (Å²) in [4.78, 5) is 0. The van der Waals surface area contributed by atoms with Gasteiger partial charge in [0.1, 0.15) is 5.75 Å². The zero-order chi connectivity index (χ0) is 13.1. The molecule has 1 saturated heterocycles. The van der Waals surface area contributed by atoms with Crippen molar-refractivity contribution in [1.29, 1.82) is 0 Å². The third-order valence-electron chi connectivity index (χ3n) is 4.18. The molecule has 0 radical (unpaired) electrons. The molecular weight excluding hydrogens is 238 g/mol. The molecule has 0 spiro atoms. The highest BCUT2D eigenvalue weighted by Gasteiger charge is 2.20. The van der Waals surface area contributed by atoms with E-state index >= 15 is 0 Å². The predicted octanol–water partition coefficient (Wildman–Crippen LogP) is 2.84. The molecule has 3 heteroatoms. The molecule has 3 nitrogen and oxygen atoms in total. The van der Waals surface area contributed by atoms with Gasteiger partial charge in [-0.05, 0) is 36.5 Å². The summed E-state index contributed by atoms with van der Waals surface area (Å²) in [7, 11) is 0. The zero-order valence-electron chi connectivity index (χ0n) is 11.7. The molecule has 0 aromatic heterocycles. The Morgan fingerprint density at radius 1 is 1.26 bits per heavy atom. The lowest BCUT2D eigenvalue weighted by Gasteiger charge is -2.28. The number of ether oxygens (including phenoxy) is 2. The Labute approximate surface area is 115 Å². The number of nitrogens with one attached hydrogen (secondary N) is 1. The van der Waals surface area contributed by atoms with Gasteiger partial charge in [0.2, 0.25) is 0 Å². The van der Waals surface area contributed by atoms with Gasteiger partial charge in [0.05, 0.1) is 6.61 Å². The van der Waals surface area contributed by atoms with Gasteiger partial charge in [0.25, 0.3) is 0 Å². The largest absolute Gasteiger partial charge is 0.493 e. The van der Waals surface area contributed by atoms with Crippen molar-refractivity contribution in [3.63, 3.8) is 0 Å². The lowest BCUT2D eigenvalue weighted by molar-refractivity contribution is 0.0746. The molecule has 2 aliphatic heterocycles. The van der Waals surface area contributed by atoms with E-state index in [1.165, 1.54) is 11.1 Å². The van der Waals surface area contributed by atoms with E-state index in [0.717, 1.165) is 51.3 Å². The van der Waals surface area contributed by atoms with E-state index in [-0.39, 0.29) is 0 Å². The summed E-state index contributed by atoms with van der Waals surface area (Å²) in [5, 5.41) is 3.79. The van der Waals surface area contributed by atoms with Crippen LogP contribution in [0, 0.1) is 0 Å². The molecule has 1 aromatic rings. The van der Waals surface area contributed by atoms with Crippen LogP contribution >= 0.6 is 0 Å². The molecular formula is C16H23NO2. The molecule has 1 N–H and O–H groups in total. The van der Waals surface area contributed by atoms with Crippen molar-refractivity contribution < 1.29 is 9.47 Å². The molecule has 1 fully saturated rings. The van der Waals surface area contributed by atoms with E-state index in [2.05, 4.69) is 30.4 Å². The Balaban J connectivity index is 1.70. The highest BCUT2D eigenvalue weighted by Crippen LogP contribution is 2.29. The molecule has 0 aliphatic carbocycles. The first kappa shape index (κ1) is 12.9. The van der Waals surface area contributed by atoms with Crippen molar-refractivity contribution in [2.75, 3.05) is 19.8 Å². The van der Waals surface area contributed by atoms with Crippen LogP contribution in [0.3, 0.4) is 0 Å². The molecule has 1 atom stereocenters. The standard InChI is InChI=1S/C16H23NO2/c1-2-15(17-14-6-8-18-9-7-14)12-3-4-16-13(11-12)5-10-19-16/h3-4,11,14-15,17H,2,5-10H2,1H3. The Hall–Kier alpha value is -1.06. The van der Waals surface area contributed by atoms with Crippen molar-refractivity contribution in [3.8, 4) is 5.75 Å². The molecule has 0 saturated carbocycles. The fourth-order valence-electron chi connectivity index (χ4n) is 3.02. The van der Waals surface area contributed by atoms with E-state index in [1.54, 1.807) is 0 Å². The maximum Gasteiger partial charge on any atom is 0.122 e. The molecule has 19 heavy (non-hydrogen) atoms. The van der Waals surface area contributed by atoms with Crippen LogP contribution in [0.5, 0.6) is 5.75 Å². The number of hydrogen-bond acceptors (Lipinski definition) is 3. The molecule has 2 heterocycles. The summed E-state index contributed by atoms with van der Waals surface area (Å²) in [6.07, 6.45) is 4.43. The van der Waals surface area contributed by atoms with Crippen LogP contribution < -0.4 is 10.1 Å². The Morgan fingerprint density at radius 2 is 2.11 bits per heavy atom. The number of benzene rings is 1. The predicted molar refractivity (Wildman–Crippen MR) is 75.6 cm³/mol. The van der Waals surface area contributed by atoms with Crippen LogP contribution in [0.25, 0.3) is 0 Å². The van der Waals surface area contributed by atoms with Crippen molar-refractivity contribution in [3.05, 3.63) is 29.3 Å². The molecule has 1 aromatic carbocycles. The van der Waals surface area contributed by atoms with Crippen molar-refractivity contribution in [2.45, 2.75) is 44.7 Å². The Morgan fingerprint density at radius 3 is 2.89 bits per heavy atom. The molecule has 0 bridgehead atoms. The average Bonchev–Trinajstić information content (AvgIpc) is 2.93. The Kier molecular flexibility index (Phi) is 4.04. The van der Waals surface area contributed by atoms with Crippen molar-refractivity contribution >= 4 is 0 Å². The molecule has 3 rings (SSSR count). The lowest BCUT2D eigenvalue weighted by Crippen LogP contribution is -2.37. The van der Waals surface area contributed by atoms with E-state index in [1.807, 2.05) is 0 Å². The van der Waals surface area contributed by atoms with Crippen molar-refractivity contribution in [2.24, 2.45) is 0 Å². The normalized spacial score (nSPS) is 20.9. The quantitative estimate of drug-likeness (QED) is 0.904. The second kappa shape index (κ2) is 5.93. The summed E-state index contributed by atoms with van der Waals surface area (Å²) >= 11 is 0. The van der Waals surface area contributed by atoms with E-state index < -0.39 is 0 Å². The second-order valence-corrected chi connectivity index (χ2v) is 5.48. The molecule has 2 aliphatic rings. The number of fused-ring (bicyclic) bond motifs is 1. The fourth-order valence-corrected chi connectivity index (χ4v) is 3.02. The highest BCUT2D eigenvalue weighted by atomic mass is 16.5. The van der Waals surface area contributed by atoms with Gasteiger partial charge in [-0.25, -0.2) is 0 Å². The molecule has 1 unspecified atom stereocenters. The summed E-state index contributed by atoms with van der Waals surface area (Å²) in [6, 6.07) is 7.72. The first-order valence-corrected chi connectivity index (χ1v) is 7.46. The summed E-state index contributed by atoms with van der Waals surface area (Å²) < 4.78 is 11.0. The third-order valence-corrected chi connectivity index (χ3v) is 4.18. The van der Waals surface area contributed by atoms with Gasteiger partial charge in [-0.3, -0.25) is 0 Å². The summed E-state index contributed by atoms with van der Waals surface area (Å²) in [5.74, 6) is 1.07. The van der Waals surface area contributed by atoms with Gasteiger partial charge in [0, 0.05) is 31.7 Å². The van der Waals surface area contributed by atoms with Gasteiger partial charge in [-0.1, -0.05) is 19.1 Å². The van der Waals surface area contributed by atoms with E-state index in [4.69, 9.17) is 9.47 Å². The summed E-state index contributed by atoms with van der Waals surface area (Å²) in [5.41, 5.74) is 2.77. The maximum absolute atomic E-state index is 5.58. The SMILES string of the molecule is CCC(NC1CCOCC1)c1ccc2c(c1)CCO2. The second-order valence-electron chi connectivity index (χ2n) is 5.48. The third kappa shape index (κ3) is 2.93. The van der Waals surface area contributed by atoms with E-state index in [9.17, 15) is 0 Å². The minimum absolute atomic E-state index is 0.453. The van der Waals surface area contributed by atoms with Crippen LogP contribution in [-0.2, 0) is 11.2 Å². The smallest absolute Gasteiger partial charge is 0.122 e. The van der Waals surface area contributed by atoms with Crippen molar-refractivity contribution in [1.82, 2.24) is 5.32 Å². The number of hydrogen-bond donors (Lipinski definition) is 1. The van der Waals surface area contributed by atoms with Gasteiger partial charge >= 0.3 is 0 Å². The van der Waals surface area contributed by atoms with Crippen LogP contribution in [0.15, 0.2) is 18.2 Å². The van der Waals surface area contributed by atoms with Crippen LogP contribution in [0.2, 0.25) is 0 Å². The minimum Gasteiger partial charge on any atom is -0.493 e. The Bertz CT molecular complexity index is 427. The molecule has 104 valence electrons. The van der Waals surface area contributed by atoms with Gasteiger partial charge in [0.15, 0.2) is 0 Å². The maximum atomic E-state index is 5.58.